The number of nitrogens with one attached hydrogen (secondary N) is 1. The highest BCUT2D eigenvalue weighted by Crippen LogP contribution is 2.43. The molecule has 1 N–H and O–H groups in total. The summed E-state index contributed by atoms with van der Waals surface area (Å²) in [5, 5.41) is 13.9. The summed E-state index contributed by atoms with van der Waals surface area (Å²) in [7, 11) is 3.13. The summed E-state index contributed by atoms with van der Waals surface area (Å²) in [5.74, 6) is 2.08. The van der Waals surface area contributed by atoms with Crippen molar-refractivity contribution < 1.29 is 14.2 Å². The quantitative estimate of drug-likeness (QED) is 0.279. The first-order valence-electron chi connectivity index (χ1n) is 10.6. The number of hydrogen-bond donors (Lipinski definition) is 1. The number of halogens is 2. The number of anilines is 1. The summed E-state index contributed by atoms with van der Waals surface area (Å²) in [5.41, 5.74) is 3.96. The zero-order valence-electron chi connectivity index (χ0n) is 18.8. The normalized spacial score (nSPS) is 14.1. The predicted molar refractivity (Wildman–Crippen MR) is 138 cm³/mol. The molecule has 35 heavy (non-hydrogen) atoms. The molecule has 178 valence electrons. The van der Waals surface area contributed by atoms with Gasteiger partial charge in [0.2, 0.25) is 11.0 Å². The Morgan fingerprint density at radius 3 is 2.49 bits per heavy atom. The minimum atomic E-state index is -0.657. The number of methoxy groups -OCH3 is 2. The summed E-state index contributed by atoms with van der Waals surface area (Å²) in [4.78, 5) is 4.69. The van der Waals surface area contributed by atoms with Crippen molar-refractivity contribution in [3.63, 3.8) is 0 Å². The standard InChI is InChI=1S/C25H20Cl2N4O3S/c1-32-20-11-17(18(27)12-21(20)33-2)23-28-19-6-4-3-5-16(19)22-24(34-23)29-25(31-30-22)35-13-14-7-9-15(26)10-8-14/h3-12,23,28H,13H2,1-2H3/t23-/m1/s1. The van der Waals surface area contributed by atoms with Crippen LogP contribution in [0.3, 0.4) is 0 Å². The highest BCUT2D eigenvalue weighted by molar-refractivity contribution is 7.98. The number of aromatic nitrogens is 3. The van der Waals surface area contributed by atoms with Crippen LogP contribution in [0.15, 0.2) is 65.8 Å². The van der Waals surface area contributed by atoms with E-state index in [0.717, 1.165) is 16.8 Å². The van der Waals surface area contributed by atoms with Gasteiger partial charge in [0, 0.05) is 33.7 Å². The molecule has 0 amide bonds. The summed E-state index contributed by atoms with van der Waals surface area (Å²) in [6.07, 6.45) is -0.657. The molecule has 0 unspecified atom stereocenters. The second-order valence-electron chi connectivity index (χ2n) is 7.58. The van der Waals surface area contributed by atoms with Gasteiger partial charge in [0.25, 0.3) is 0 Å². The van der Waals surface area contributed by atoms with Crippen molar-refractivity contribution >= 4 is 40.7 Å². The van der Waals surface area contributed by atoms with Gasteiger partial charge in [-0.1, -0.05) is 65.3 Å². The summed E-state index contributed by atoms with van der Waals surface area (Å²) in [6, 6.07) is 18.9. The first-order chi connectivity index (χ1) is 17.1. The Bertz CT molecular complexity index is 1370. The Labute approximate surface area is 216 Å². The van der Waals surface area contributed by atoms with Crippen LogP contribution >= 0.6 is 35.0 Å². The van der Waals surface area contributed by atoms with Gasteiger partial charge >= 0.3 is 0 Å². The molecule has 0 spiro atoms. The van der Waals surface area contributed by atoms with E-state index in [9.17, 15) is 0 Å². The third-order valence-electron chi connectivity index (χ3n) is 5.40. The molecule has 3 aromatic carbocycles. The Balaban J connectivity index is 1.51. The fourth-order valence-corrected chi connectivity index (χ4v) is 4.76. The van der Waals surface area contributed by atoms with E-state index < -0.39 is 6.23 Å². The number of ether oxygens (including phenoxy) is 3. The van der Waals surface area contributed by atoms with E-state index in [1.165, 1.54) is 11.8 Å². The first kappa shape index (κ1) is 23.5. The molecule has 4 aromatic rings. The van der Waals surface area contributed by atoms with Crippen molar-refractivity contribution in [2.24, 2.45) is 0 Å². The van der Waals surface area contributed by atoms with Crippen LogP contribution in [0, 0.1) is 0 Å². The molecular formula is C25H20Cl2N4O3S. The molecule has 1 aliphatic rings. The maximum Gasteiger partial charge on any atom is 0.247 e. The lowest BCUT2D eigenvalue weighted by Crippen LogP contribution is -2.18. The summed E-state index contributed by atoms with van der Waals surface area (Å²) < 4.78 is 17.2. The molecule has 0 fully saturated rings. The largest absolute Gasteiger partial charge is 0.493 e. The van der Waals surface area contributed by atoms with Gasteiger partial charge in [-0.25, -0.2) is 0 Å². The van der Waals surface area contributed by atoms with E-state index in [0.29, 0.717) is 49.6 Å². The molecule has 1 aromatic heterocycles. The lowest BCUT2D eigenvalue weighted by atomic mass is 10.1. The number of fused-ring (bicyclic) bond motifs is 3. The molecule has 0 bridgehead atoms. The van der Waals surface area contributed by atoms with Crippen molar-refractivity contribution in [2.75, 3.05) is 19.5 Å². The monoisotopic (exact) mass is 526 g/mol. The van der Waals surface area contributed by atoms with Gasteiger partial charge in [-0.2, -0.15) is 4.98 Å². The Hall–Kier alpha value is -3.20. The van der Waals surface area contributed by atoms with Crippen LogP contribution in [0.5, 0.6) is 17.4 Å². The minimum absolute atomic E-state index is 0.354. The Morgan fingerprint density at radius 2 is 1.71 bits per heavy atom. The zero-order valence-corrected chi connectivity index (χ0v) is 21.1. The van der Waals surface area contributed by atoms with Gasteiger partial charge in [-0.15, -0.1) is 10.2 Å². The fraction of sp³-hybridized carbons (Fsp3) is 0.160. The van der Waals surface area contributed by atoms with Gasteiger partial charge in [0.05, 0.1) is 19.2 Å². The van der Waals surface area contributed by atoms with Gasteiger partial charge in [-0.3, -0.25) is 0 Å². The molecule has 0 saturated carbocycles. The number of thioether (sulfide) groups is 1. The maximum absolute atomic E-state index is 6.62. The lowest BCUT2D eigenvalue weighted by Gasteiger charge is -2.21. The number of benzene rings is 3. The van der Waals surface area contributed by atoms with Crippen molar-refractivity contribution in [3.05, 3.63) is 81.8 Å². The molecule has 2 heterocycles. The second kappa shape index (κ2) is 10.2. The molecule has 1 aliphatic heterocycles. The predicted octanol–water partition coefficient (Wildman–Crippen LogP) is 6.66. The highest BCUT2D eigenvalue weighted by atomic mass is 35.5. The van der Waals surface area contributed by atoms with Crippen LogP contribution in [0.4, 0.5) is 5.69 Å². The van der Waals surface area contributed by atoms with Crippen LogP contribution in [0.25, 0.3) is 11.3 Å². The maximum atomic E-state index is 6.62. The molecule has 5 rings (SSSR count). The molecule has 0 aliphatic carbocycles. The second-order valence-corrected chi connectivity index (χ2v) is 9.37. The highest BCUT2D eigenvalue weighted by Gasteiger charge is 2.28. The van der Waals surface area contributed by atoms with Gasteiger partial charge in [-0.05, 0) is 29.8 Å². The van der Waals surface area contributed by atoms with E-state index in [2.05, 4.69) is 20.5 Å². The topological polar surface area (TPSA) is 78.4 Å². The zero-order chi connectivity index (χ0) is 24.4. The average Bonchev–Trinajstić information content (AvgIpc) is 3.04. The van der Waals surface area contributed by atoms with Crippen LogP contribution in [0.2, 0.25) is 10.0 Å². The van der Waals surface area contributed by atoms with E-state index in [4.69, 9.17) is 37.4 Å². The smallest absolute Gasteiger partial charge is 0.247 e. The fourth-order valence-electron chi connectivity index (χ4n) is 3.65. The van der Waals surface area contributed by atoms with E-state index in [1.807, 2.05) is 48.5 Å². The van der Waals surface area contributed by atoms with Crippen LogP contribution < -0.4 is 19.5 Å². The third kappa shape index (κ3) is 4.96. The van der Waals surface area contributed by atoms with Crippen LogP contribution in [-0.2, 0) is 5.75 Å². The van der Waals surface area contributed by atoms with Crippen LogP contribution in [-0.4, -0.2) is 29.4 Å². The van der Waals surface area contributed by atoms with E-state index in [1.54, 1.807) is 26.4 Å². The van der Waals surface area contributed by atoms with Gasteiger partial charge < -0.3 is 19.5 Å². The van der Waals surface area contributed by atoms with Crippen molar-refractivity contribution in [3.8, 4) is 28.6 Å². The van der Waals surface area contributed by atoms with E-state index in [-0.39, 0.29) is 0 Å². The molecule has 1 atom stereocenters. The number of para-hydroxylation sites is 1. The molecule has 0 radical (unpaired) electrons. The summed E-state index contributed by atoms with van der Waals surface area (Å²) >= 11 is 14.1. The summed E-state index contributed by atoms with van der Waals surface area (Å²) in [6.45, 7) is 0. The SMILES string of the molecule is COc1cc(Cl)c([C@@H]2Nc3ccccc3-c3nnc(SCc4ccc(Cl)cc4)nc3O2)cc1OC. The number of rotatable bonds is 6. The Kier molecular flexibility index (Phi) is 6.86. The lowest BCUT2D eigenvalue weighted by molar-refractivity contribution is 0.224. The van der Waals surface area contributed by atoms with Crippen molar-refractivity contribution in [1.82, 2.24) is 15.2 Å². The number of hydrogen-bond acceptors (Lipinski definition) is 8. The minimum Gasteiger partial charge on any atom is -0.493 e. The van der Waals surface area contributed by atoms with Crippen LogP contribution in [0.1, 0.15) is 17.4 Å². The van der Waals surface area contributed by atoms with E-state index >= 15 is 0 Å². The first-order valence-corrected chi connectivity index (χ1v) is 12.4. The van der Waals surface area contributed by atoms with Crippen molar-refractivity contribution in [2.45, 2.75) is 17.1 Å². The molecule has 10 heteroatoms. The van der Waals surface area contributed by atoms with Crippen molar-refractivity contribution in [1.29, 1.82) is 0 Å². The Morgan fingerprint density at radius 1 is 0.971 bits per heavy atom. The molecular weight excluding hydrogens is 507 g/mol. The number of nitrogens with zero attached hydrogens (tertiary/aromatic N) is 3. The molecule has 0 saturated heterocycles. The van der Waals surface area contributed by atoms with Gasteiger partial charge in [0.15, 0.2) is 23.4 Å². The third-order valence-corrected chi connectivity index (χ3v) is 6.89. The average molecular weight is 527 g/mol. The van der Waals surface area contributed by atoms with Gasteiger partial charge in [0.1, 0.15) is 0 Å². The molecule has 7 nitrogen and oxygen atoms in total.